The molecule has 7 heteroatoms. The third kappa shape index (κ3) is 3.40. The minimum Gasteiger partial charge on any atom is -0.348 e. The van der Waals surface area contributed by atoms with E-state index in [4.69, 9.17) is 0 Å². The lowest BCUT2D eigenvalue weighted by Crippen LogP contribution is -3.08. The molecule has 6 nitrogen and oxygen atoms in total. The second-order valence-corrected chi connectivity index (χ2v) is 7.49. The molecule has 4 rings (SSSR count). The van der Waals surface area contributed by atoms with Crippen LogP contribution in [-0.4, -0.2) is 28.4 Å². The molecule has 0 spiro atoms. The van der Waals surface area contributed by atoms with Crippen molar-refractivity contribution in [1.29, 1.82) is 0 Å². The molecular formula is C19H21N4O2S+. The summed E-state index contributed by atoms with van der Waals surface area (Å²) >= 11 is 1.37. The van der Waals surface area contributed by atoms with E-state index >= 15 is 0 Å². The average Bonchev–Trinajstić information content (AvgIpc) is 3.33. The molecular weight excluding hydrogens is 348 g/mol. The van der Waals surface area contributed by atoms with Crippen LogP contribution in [0.4, 0.5) is 0 Å². The van der Waals surface area contributed by atoms with Crippen LogP contribution in [0.5, 0.6) is 0 Å². The molecule has 0 atom stereocenters. The van der Waals surface area contributed by atoms with Gasteiger partial charge in [-0.3, -0.25) is 14.0 Å². The zero-order chi connectivity index (χ0) is 17.9. The van der Waals surface area contributed by atoms with Crippen molar-refractivity contribution < 1.29 is 9.69 Å². The Kier molecular flexibility index (Phi) is 4.81. The topological polar surface area (TPSA) is 67.9 Å². The van der Waals surface area contributed by atoms with E-state index in [0.29, 0.717) is 11.5 Å². The van der Waals surface area contributed by atoms with E-state index in [1.54, 1.807) is 16.5 Å². The number of carbonyl (C=O) groups is 1. The molecule has 134 valence electrons. The minimum absolute atomic E-state index is 0.0727. The Hall–Kier alpha value is -2.51. The first kappa shape index (κ1) is 16.9. The molecule has 0 unspecified atom stereocenters. The van der Waals surface area contributed by atoms with Crippen LogP contribution >= 0.6 is 11.3 Å². The Bertz CT molecular complexity index is 988. The first-order valence-electron chi connectivity index (χ1n) is 8.86. The molecule has 2 N–H and O–H groups in total. The first-order valence-corrected chi connectivity index (χ1v) is 9.74. The Morgan fingerprint density at radius 3 is 2.81 bits per heavy atom. The van der Waals surface area contributed by atoms with Gasteiger partial charge in [0.05, 0.1) is 13.1 Å². The Labute approximate surface area is 155 Å². The fourth-order valence-corrected chi connectivity index (χ4v) is 4.15. The number of amides is 1. The summed E-state index contributed by atoms with van der Waals surface area (Å²) in [7, 11) is 0. The summed E-state index contributed by atoms with van der Waals surface area (Å²) in [5.74, 6) is -0.383. The zero-order valence-corrected chi connectivity index (χ0v) is 15.2. The van der Waals surface area contributed by atoms with Crippen molar-refractivity contribution in [2.75, 3.05) is 13.1 Å². The molecule has 1 aliphatic heterocycles. The standard InChI is InChI=1S/C19H20N4O2S/c24-17(16-12-21-19-23(18(16)25)9-10-26-19)20-11-14-5-1-2-6-15(14)13-22-7-3-4-8-22/h1-2,5-6,9-10,12H,3-4,7-8,11,13H2,(H,20,24)/p+1. The highest BCUT2D eigenvalue weighted by Gasteiger charge is 2.18. The lowest BCUT2D eigenvalue weighted by atomic mass is 10.1. The van der Waals surface area contributed by atoms with Gasteiger partial charge in [-0.15, -0.1) is 11.3 Å². The lowest BCUT2D eigenvalue weighted by molar-refractivity contribution is -0.901. The predicted octanol–water partition coefficient (Wildman–Crippen LogP) is 0.865. The molecule has 0 saturated carbocycles. The number of aromatic nitrogens is 2. The molecule has 1 aromatic carbocycles. The molecule has 1 aliphatic rings. The third-order valence-corrected chi connectivity index (χ3v) is 5.67. The predicted molar refractivity (Wildman–Crippen MR) is 101 cm³/mol. The highest BCUT2D eigenvalue weighted by atomic mass is 32.1. The molecule has 1 amide bonds. The first-order chi connectivity index (χ1) is 12.7. The Morgan fingerprint density at radius 2 is 2.00 bits per heavy atom. The van der Waals surface area contributed by atoms with Crippen LogP contribution in [0.2, 0.25) is 0 Å². The van der Waals surface area contributed by atoms with E-state index in [0.717, 1.165) is 12.1 Å². The second kappa shape index (κ2) is 7.39. The maximum Gasteiger partial charge on any atom is 0.271 e. The van der Waals surface area contributed by atoms with Crippen LogP contribution in [0.15, 0.2) is 46.8 Å². The fraction of sp³-hybridized carbons (Fsp3) is 0.316. The normalized spacial score (nSPS) is 14.8. The molecule has 1 saturated heterocycles. The van der Waals surface area contributed by atoms with E-state index in [9.17, 15) is 9.59 Å². The van der Waals surface area contributed by atoms with E-state index in [2.05, 4.69) is 16.4 Å². The van der Waals surface area contributed by atoms with Crippen LogP contribution < -0.4 is 15.8 Å². The van der Waals surface area contributed by atoms with Crippen LogP contribution in [0, 0.1) is 0 Å². The summed E-state index contributed by atoms with van der Waals surface area (Å²) in [6.45, 7) is 3.82. The molecule has 1 fully saturated rings. The van der Waals surface area contributed by atoms with Crippen molar-refractivity contribution in [3.05, 3.63) is 69.1 Å². The zero-order valence-electron chi connectivity index (χ0n) is 14.4. The summed E-state index contributed by atoms with van der Waals surface area (Å²) in [5, 5.41) is 4.66. The smallest absolute Gasteiger partial charge is 0.271 e. The number of carbonyl (C=O) groups excluding carboxylic acids is 1. The number of likely N-dealkylation sites (tertiary alicyclic amines) is 1. The Morgan fingerprint density at radius 1 is 1.23 bits per heavy atom. The van der Waals surface area contributed by atoms with Gasteiger partial charge in [0.2, 0.25) is 0 Å². The van der Waals surface area contributed by atoms with Crippen molar-refractivity contribution in [3.63, 3.8) is 0 Å². The Balaban J connectivity index is 1.49. The van der Waals surface area contributed by atoms with Gasteiger partial charge in [0, 0.05) is 42.7 Å². The van der Waals surface area contributed by atoms with Gasteiger partial charge in [-0.2, -0.15) is 0 Å². The molecule has 0 radical (unpaired) electrons. The van der Waals surface area contributed by atoms with Gasteiger partial charge in [0.25, 0.3) is 11.5 Å². The molecule has 0 aliphatic carbocycles. The van der Waals surface area contributed by atoms with Crippen molar-refractivity contribution in [2.24, 2.45) is 0 Å². The maximum absolute atomic E-state index is 12.5. The van der Waals surface area contributed by atoms with Crippen LogP contribution in [0.1, 0.15) is 34.3 Å². The summed E-state index contributed by atoms with van der Waals surface area (Å²) in [4.78, 5) is 31.3. The monoisotopic (exact) mass is 369 g/mol. The SMILES string of the molecule is O=C(NCc1ccccc1C[NH+]1CCCC1)c1cnc2sccn2c1=O. The van der Waals surface area contributed by atoms with Crippen LogP contribution in [0.25, 0.3) is 4.96 Å². The quantitative estimate of drug-likeness (QED) is 0.701. The van der Waals surface area contributed by atoms with Gasteiger partial charge >= 0.3 is 0 Å². The number of benzene rings is 1. The number of hydrogen-bond donors (Lipinski definition) is 2. The molecule has 26 heavy (non-hydrogen) atoms. The summed E-state index contributed by atoms with van der Waals surface area (Å²) in [5.41, 5.74) is 2.10. The van der Waals surface area contributed by atoms with Crippen LogP contribution in [0.3, 0.4) is 0 Å². The van der Waals surface area contributed by atoms with Gasteiger partial charge in [-0.25, -0.2) is 4.98 Å². The van der Waals surface area contributed by atoms with Gasteiger partial charge in [-0.05, 0) is 5.56 Å². The summed E-state index contributed by atoms with van der Waals surface area (Å²) < 4.78 is 1.41. The maximum atomic E-state index is 12.5. The van der Waals surface area contributed by atoms with Gasteiger partial charge in [0.15, 0.2) is 4.96 Å². The lowest BCUT2D eigenvalue weighted by Gasteiger charge is -2.15. The van der Waals surface area contributed by atoms with Crippen molar-refractivity contribution in [2.45, 2.75) is 25.9 Å². The van der Waals surface area contributed by atoms with Crippen LogP contribution in [-0.2, 0) is 13.1 Å². The highest BCUT2D eigenvalue weighted by molar-refractivity contribution is 7.15. The largest absolute Gasteiger partial charge is 0.348 e. The number of quaternary nitrogens is 1. The summed E-state index contributed by atoms with van der Waals surface area (Å²) in [6, 6.07) is 8.19. The van der Waals surface area contributed by atoms with E-state index in [1.165, 1.54) is 53.4 Å². The average molecular weight is 369 g/mol. The third-order valence-electron chi connectivity index (χ3n) is 4.90. The van der Waals surface area contributed by atoms with E-state index < -0.39 is 0 Å². The number of nitrogens with one attached hydrogen (secondary N) is 2. The van der Waals surface area contributed by atoms with E-state index in [1.807, 2.05) is 18.2 Å². The van der Waals surface area contributed by atoms with Gasteiger partial charge in [0.1, 0.15) is 12.1 Å². The number of thiazole rings is 1. The second-order valence-electron chi connectivity index (χ2n) is 6.62. The highest BCUT2D eigenvalue weighted by Crippen LogP contribution is 2.09. The molecule has 2 aromatic heterocycles. The number of nitrogens with zero attached hydrogens (tertiary/aromatic N) is 2. The molecule has 3 heterocycles. The number of fused-ring (bicyclic) bond motifs is 1. The van der Waals surface area contributed by atoms with Gasteiger partial charge in [-0.1, -0.05) is 24.3 Å². The van der Waals surface area contributed by atoms with Gasteiger partial charge < -0.3 is 10.2 Å². The van der Waals surface area contributed by atoms with E-state index in [-0.39, 0.29) is 17.0 Å². The van der Waals surface area contributed by atoms with Crippen molar-refractivity contribution >= 4 is 22.2 Å². The number of rotatable bonds is 5. The minimum atomic E-state index is -0.383. The van der Waals surface area contributed by atoms with Crippen molar-refractivity contribution in [3.8, 4) is 0 Å². The number of hydrogen-bond acceptors (Lipinski definition) is 4. The molecule has 3 aromatic rings. The fourth-order valence-electron chi connectivity index (χ4n) is 3.47. The van der Waals surface area contributed by atoms with Crippen molar-refractivity contribution in [1.82, 2.24) is 14.7 Å². The molecule has 0 bridgehead atoms. The summed E-state index contributed by atoms with van der Waals surface area (Å²) in [6.07, 6.45) is 5.58.